The molecule has 0 amide bonds. The lowest BCUT2D eigenvalue weighted by Crippen LogP contribution is -2.23. The van der Waals surface area contributed by atoms with Crippen molar-refractivity contribution < 1.29 is 0 Å². The molecule has 0 saturated heterocycles. The van der Waals surface area contributed by atoms with Gasteiger partial charge in [-0.1, -0.05) is 31.2 Å². The quantitative estimate of drug-likeness (QED) is 0.391. The first kappa shape index (κ1) is 27.2. The summed E-state index contributed by atoms with van der Waals surface area (Å²) in [5, 5.41) is 13.4. The Kier molecular flexibility index (Phi) is 7.15. The van der Waals surface area contributed by atoms with Crippen molar-refractivity contribution in [1.29, 1.82) is 0 Å². The number of nitrogens with one attached hydrogen (secondary N) is 1. The summed E-state index contributed by atoms with van der Waals surface area (Å²) in [5.41, 5.74) is 16.5. The summed E-state index contributed by atoms with van der Waals surface area (Å²) in [5.74, 6) is 0.786. The molecule has 3 unspecified atom stereocenters. The molecule has 1 aromatic carbocycles. The molecule has 6 rings (SSSR count). The molecule has 3 N–H and O–H groups in total. The zero-order valence-corrected chi connectivity index (χ0v) is 24.8. The molecule has 3 atom stereocenters. The molecule has 0 bridgehead atoms. The van der Waals surface area contributed by atoms with Crippen LogP contribution in [0.1, 0.15) is 47.8 Å². The Morgan fingerprint density at radius 3 is 2.93 bits per heavy atom. The van der Waals surface area contributed by atoms with E-state index in [0.29, 0.717) is 11.8 Å². The number of hydrogen-bond donors (Lipinski definition) is 2. The van der Waals surface area contributed by atoms with Crippen LogP contribution in [0.4, 0.5) is 5.69 Å². The van der Waals surface area contributed by atoms with Crippen LogP contribution in [0.25, 0.3) is 11.1 Å². The topological polar surface area (TPSA) is 102 Å². The van der Waals surface area contributed by atoms with Crippen LogP contribution in [0.15, 0.2) is 58.4 Å². The SMILES string of the molecule is CN=C/C(=C\N)c1cccc(Cc2c3c(nn2C)CCC2=C3C(C)C3CC3(Nc3cnn(CCN(C)C)c3)N=C2)c1. The molecule has 0 radical (unpaired) electrons. The second kappa shape index (κ2) is 10.8. The monoisotopic (exact) mass is 551 g/mol. The molecule has 214 valence electrons. The minimum absolute atomic E-state index is 0.269. The van der Waals surface area contributed by atoms with E-state index in [0.717, 1.165) is 55.6 Å². The molecule has 1 aliphatic heterocycles. The van der Waals surface area contributed by atoms with Crippen LogP contribution in [0.2, 0.25) is 0 Å². The highest BCUT2D eigenvalue weighted by atomic mass is 15.3. The molecule has 3 heterocycles. The van der Waals surface area contributed by atoms with E-state index in [9.17, 15) is 0 Å². The third-order valence-electron chi connectivity index (χ3n) is 8.83. The van der Waals surface area contributed by atoms with Gasteiger partial charge < -0.3 is 16.0 Å². The van der Waals surface area contributed by atoms with Crippen LogP contribution in [-0.2, 0) is 26.4 Å². The van der Waals surface area contributed by atoms with Crippen LogP contribution < -0.4 is 11.1 Å². The highest BCUT2D eigenvalue weighted by molar-refractivity contribution is 6.09. The zero-order chi connectivity index (χ0) is 28.7. The fourth-order valence-corrected chi connectivity index (χ4v) is 6.61. The van der Waals surface area contributed by atoms with Crippen molar-refractivity contribution in [2.24, 2.45) is 34.6 Å². The van der Waals surface area contributed by atoms with Crippen LogP contribution in [-0.4, -0.2) is 70.2 Å². The highest BCUT2D eigenvalue weighted by Gasteiger charge is 2.59. The van der Waals surface area contributed by atoms with Gasteiger partial charge in [-0.3, -0.25) is 19.3 Å². The number of hydrogen-bond acceptors (Lipinski definition) is 7. The fraction of sp³-hybridized carbons (Fsp3) is 0.438. The van der Waals surface area contributed by atoms with E-state index >= 15 is 0 Å². The maximum atomic E-state index is 5.90. The van der Waals surface area contributed by atoms with Gasteiger partial charge in [0.25, 0.3) is 0 Å². The Hall–Kier alpha value is -3.98. The number of benzene rings is 1. The molecule has 3 aliphatic rings. The molecule has 3 aromatic rings. The number of nitrogens with zero attached hydrogens (tertiary/aromatic N) is 7. The summed E-state index contributed by atoms with van der Waals surface area (Å²) in [7, 11) is 8.02. The highest BCUT2D eigenvalue weighted by Crippen LogP contribution is 2.58. The minimum Gasteiger partial charge on any atom is -0.404 e. The van der Waals surface area contributed by atoms with Crippen LogP contribution in [0.3, 0.4) is 0 Å². The molecule has 9 nitrogen and oxygen atoms in total. The lowest BCUT2D eigenvalue weighted by atomic mass is 9.79. The predicted molar refractivity (Wildman–Crippen MR) is 167 cm³/mol. The molecular formula is C32H41N9. The van der Waals surface area contributed by atoms with Crippen molar-refractivity contribution in [2.45, 2.75) is 44.8 Å². The number of rotatable bonds is 9. The van der Waals surface area contributed by atoms with Crippen molar-refractivity contribution in [3.8, 4) is 0 Å². The average Bonchev–Trinajstić information content (AvgIpc) is 3.36. The number of allylic oxidation sites excluding steroid dienone is 3. The maximum absolute atomic E-state index is 5.90. The Labute approximate surface area is 242 Å². The van der Waals surface area contributed by atoms with Gasteiger partial charge in [0.15, 0.2) is 0 Å². The third kappa shape index (κ3) is 5.14. The zero-order valence-electron chi connectivity index (χ0n) is 24.8. The number of aryl methyl sites for hydroxylation is 2. The maximum Gasteiger partial charge on any atom is 0.133 e. The standard InChI is InChI=1S/C32H41N9/c1-21-27-15-32(27,37-26-19-36-41(20-26)12-11-39(3)4)35-18-24-9-10-28-31(30(21)24)29(40(5)38-28)14-22-7-6-8-23(13-22)25(16-33)17-34-2/h6-8,13,16-21,27,37H,9-12,14-15,33H2,1-5H3/b25-16+,34-17?. The van der Waals surface area contributed by atoms with Gasteiger partial charge in [-0.05, 0) is 61.5 Å². The van der Waals surface area contributed by atoms with Gasteiger partial charge in [0.2, 0.25) is 0 Å². The summed E-state index contributed by atoms with van der Waals surface area (Å²) < 4.78 is 4.10. The van der Waals surface area contributed by atoms with Gasteiger partial charge in [-0.25, -0.2) is 0 Å². The second-order valence-electron chi connectivity index (χ2n) is 11.9. The Morgan fingerprint density at radius 1 is 1.29 bits per heavy atom. The number of aliphatic imine (C=N–C) groups is 2. The molecule has 0 spiro atoms. The van der Waals surface area contributed by atoms with Crippen molar-refractivity contribution in [2.75, 3.05) is 33.0 Å². The van der Waals surface area contributed by atoms with E-state index in [4.69, 9.17) is 15.8 Å². The van der Waals surface area contributed by atoms with Gasteiger partial charge >= 0.3 is 0 Å². The van der Waals surface area contributed by atoms with Gasteiger partial charge in [-0.2, -0.15) is 10.2 Å². The molecule has 2 aliphatic carbocycles. The summed E-state index contributed by atoms with van der Waals surface area (Å²) in [6.45, 7) is 4.21. The summed E-state index contributed by atoms with van der Waals surface area (Å²) in [6, 6.07) is 8.58. The van der Waals surface area contributed by atoms with Crippen molar-refractivity contribution in [1.82, 2.24) is 24.5 Å². The van der Waals surface area contributed by atoms with Gasteiger partial charge in [0.1, 0.15) is 5.66 Å². The molecule has 1 saturated carbocycles. The van der Waals surface area contributed by atoms with Crippen molar-refractivity contribution in [3.05, 3.63) is 76.5 Å². The lowest BCUT2D eigenvalue weighted by molar-refractivity contribution is 0.373. The normalized spacial score (nSPS) is 23.5. The summed E-state index contributed by atoms with van der Waals surface area (Å²) in [6.07, 6.45) is 13.4. The van der Waals surface area contributed by atoms with E-state index in [-0.39, 0.29) is 5.66 Å². The average molecular weight is 552 g/mol. The van der Waals surface area contributed by atoms with E-state index in [2.05, 4.69) is 89.7 Å². The summed E-state index contributed by atoms with van der Waals surface area (Å²) in [4.78, 5) is 11.5. The van der Waals surface area contributed by atoms with Crippen molar-refractivity contribution >= 4 is 29.3 Å². The van der Waals surface area contributed by atoms with Gasteiger partial charge in [0.05, 0.1) is 29.8 Å². The Bertz CT molecular complexity index is 1570. The number of likely N-dealkylation sites (N-methyl/N-ethyl adjacent to an activating group) is 1. The predicted octanol–water partition coefficient (Wildman–Crippen LogP) is 4.02. The lowest BCUT2D eigenvalue weighted by Gasteiger charge is -2.24. The number of fused-ring (bicyclic) bond motifs is 3. The van der Waals surface area contributed by atoms with Crippen molar-refractivity contribution in [3.63, 3.8) is 0 Å². The molecule has 1 fully saturated rings. The number of aromatic nitrogens is 4. The fourth-order valence-electron chi connectivity index (χ4n) is 6.61. The van der Waals surface area contributed by atoms with Crippen LogP contribution in [0, 0.1) is 11.8 Å². The summed E-state index contributed by atoms with van der Waals surface area (Å²) >= 11 is 0. The van der Waals surface area contributed by atoms with Gasteiger partial charge in [0, 0.05) is 68.9 Å². The molecular weight excluding hydrogens is 510 g/mol. The molecule has 9 heteroatoms. The molecule has 2 aromatic heterocycles. The largest absolute Gasteiger partial charge is 0.404 e. The Balaban J connectivity index is 1.27. The third-order valence-corrected chi connectivity index (χ3v) is 8.83. The van der Waals surface area contributed by atoms with Crippen LogP contribution >= 0.6 is 0 Å². The second-order valence-corrected chi connectivity index (χ2v) is 11.9. The first-order valence-electron chi connectivity index (χ1n) is 14.5. The number of nitrogens with two attached hydrogens (primary N) is 1. The minimum atomic E-state index is -0.269. The molecule has 41 heavy (non-hydrogen) atoms. The Morgan fingerprint density at radius 2 is 2.15 bits per heavy atom. The van der Waals surface area contributed by atoms with E-state index < -0.39 is 0 Å². The first-order chi connectivity index (χ1) is 19.8. The van der Waals surface area contributed by atoms with Crippen LogP contribution in [0.5, 0.6) is 0 Å². The number of anilines is 1. The van der Waals surface area contributed by atoms with E-state index in [1.807, 2.05) is 10.9 Å². The van der Waals surface area contributed by atoms with E-state index in [1.165, 1.54) is 33.7 Å². The first-order valence-corrected chi connectivity index (χ1v) is 14.5. The van der Waals surface area contributed by atoms with E-state index in [1.54, 1.807) is 19.5 Å². The van der Waals surface area contributed by atoms with Gasteiger partial charge in [-0.15, -0.1) is 0 Å². The smallest absolute Gasteiger partial charge is 0.133 e.